The molecule has 0 unspecified atom stereocenters. The first kappa shape index (κ1) is 11.2. The second-order valence-electron chi connectivity index (χ2n) is 5.90. The summed E-state index contributed by atoms with van der Waals surface area (Å²) in [5.41, 5.74) is 1.50. The third kappa shape index (κ3) is 2.82. The summed E-state index contributed by atoms with van der Waals surface area (Å²) in [6.07, 6.45) is 3.12. The molecule has 0 saturated carbocycles. The Kier molecular flexibility index (Phi) is 2.70. The summed E-state index contributed by atoms with van der Waals surface area (Å²) in [7, 11) is 1.91. The highest BCUT2D eigenvalue weighted by molar-refractivity contribution is 5.09. The first-order chi connectivity index (χ1) is 6.21. The van der Waals surface area contributed by atoms with Gasteiger partial charge in [-0.15, -0.1) is 5.10 Å². The van der Waals surface area contributed by atoms with E-state index in [-0.39, 0.29) is 5.41 Å². The smallest absolute Gasteiger partial charge is 0.0883 e. The lowest BCUT2D eigenvalue weighted by atomic mass is 9.75. The molecular formula is C11H21N3. The molecule has 0 N–H and O–H groups in total. The molecule has 0 fully saturated rings. The third-order valence-electron chi connectivity index (χ3n) is 2.27. The van der Waals surface area contributed by atoms with Gasteiger partial charge in [-0.1, -0.05) is 39.8 Å². The molecule has 0 aliphatic carbocycles. The van der Waals surface area contributed by atoms with Crippen molar-refractivity contribution in [3.63, 3.8) is 0 Å². The standard InChI is InChI=1S/C11H21N3/c1-10(2,3)8-11(4,5)9-7-14(6)13-12-9/h7H,8H2,1-6H3. The number of aryl methyl sites for hydroxylation is 1. The minimum Gasteiger partial charge on any atom is -0.255 e. The second-order valence-corrected chi connectivity index (χ2v) is 5.90. The van der Waals surface area contributed by atoms with Gasteiger partial charge in [0.15, 0.2) is 0 Å². The molecule has 1 aromatic heterocycles. The zero-order valence-electron chi connectivity index (χ0n) is 10.1. The Morgan fingerprint density at radius 1 is 1.21 bits per heavy atom. The van der Waals surface area contributed by atoms with Gasteiger partial charge in [0, 0.05) is 18.7 Å². The lowest BCUT2D eigenvalue weighted by Gasteiger charge is -2.30. The van der Waals surface area contributed by atoms with Crippen LogP contribution >= 0.6 is 0 Å². The van der Waals surface area contributed by atoms with Crippen molar-refractivity contribution in [3.8, 4) is 0 Å². The van der Waals surface area contributed by atoms with Crippen molar-refractivity contribution in [3.05, 3.63) is 11.9 Å². The maximum absolute atomic E-state index is 4.18. The highest BCUT2D eigenvalue weighted by Crippen LogP contribution is 2.34. The molecule has 1 aromatic rings. The van der Waals surface area contributed by atoms with Gasteiger partial charge in [0.25, 0.3) is 0 Å². The second kappa shape index (κ2) is 3.37. The van der Waals surface area contributed by atoms with Gasteiger partial charge in [-0.25, -0.2) is 0 Å². The molecule has 0 bridgehead atoms. The molecule has 0 aliphatic heterocycles. The van der Waals surface area contributed by atoms with Crippen LogP contribution in [0.2, 0.25) is 0 Å². The molecule has 1 rings (SSSR count). The Morgan fingerprint density at radius 3 is 2.14 bits per heavy atom. The van der Waals surface area contributed by atoms with E-state index in [1.165, 1.54) is 0 Å². The van der Waals surface area contributed by atoms with Gasteiger partial charge >= 0.3 is 0 Å². The van der Waals surface area contributed by atoms with Crippen LogP contribution in [0.15, 0.2) is 6.20 Å². The molecule has 1 heterocycles. The fraction of sp³-hybridized carbons (Fsp3) is 0.818. The van der Waals surface area contributed by atoms with Gasteiger partial charge in [-0.3, -0.25) is 4.68 Å². The first-order valence-electron chi connectivity index (χ1n) is 5.07. The molecule has 80 valence electrons. The highest BCUT2D eigenvalue weighted by Gasteiger charge is 2.29. The number of aromatic nitrogens is 3. The number of rotatable bonds is 2. The minimum absolute atomic E-state index is 0.104. The van der Waals surface area contributed by atoms with Crippen LogP contribution in [-0.4, -0.2) is 15.0 Å². The van der Waals surface area contributed by atoms with Crippen molar-refractivity contribution in [2.45, 2.75) is 46.5 Å². The lowest BCUT2D eigenvalue weighted by Crippen LogP contribution is -2.25. The zero-order chi connectivity index (χ0) is 11.0. The fourth-order valence-electron chi connectivity index (χ4n) is 2.07. The van der Waals surface area contributed by atoms with Gasteiger partial charge in [0.2, 0.25) is 0 Å². The molecule has 0 amide bonds. The maximum atomic E-state index is 4.18. The van der Waals surface area contributed by atoms with Gasteiger partial charge in [0.1, 0.15) is 0 Å². The molecule has 0 aromatic carbocycles. The SMILES string of the molecule is Cn1cc(C(C)(C)CC(C)(C)C)nn1. The van der Waals surface area contributed by atoms with Gasteiger partial charge < -0.3 is 0 Å². The fourth-order valence-corrected chi connectivity index (χ4v) is 2.07. The van der Waals surface area contributed by atoms with E-state index in [1.54, 1.807) is 4.68 Å². The highest BCUT2D eigenvalue weighted by atomic mass is 15.4. The lowest BCUT2D eigenvalue weighted by molar-refractivity contribution is 0.279. The van der Waals surface area contributed by atoms with Crippen molar-refractivity contribution in [2.75, 3.05) is 0 Å². The van der Waals surface area contributed by atoms with Crippen molar-refractivity contribution in [2.24, 2.45) is 12.5 Å². The van der Waals surface area contributed by atoms with Crippen LogP contribution in [0.1, 0.15) is 46.7 Å². The summed E-state index contributed by atoms with van der Waals surface area (Å²) >= 11 is 0. The summed E-state index contributed by atoms with van der Waals surface area (Å²) in [4.78, 5) is 0. The summed E-state index contributed by atoms with van der Waals surface area (Å²) in [5, 5.41) is 8.16. The van der Waals surface area contributed by atoms with Crippen LogP contribution in [0.25, 0.3) is 0 Å². The summed E-state index contributed by atoms with van der Waals surface area (Å²) in [5.74, 6) is 0. The topological polar surface area (TPSA) is 30.7 Å². The number of hydrogen-bond donors (Lipinski definition) is 0. The Balaban J connectivity index is 2.85. The summed E-state index contributed by atoms with van der Waals surface area (Å²) < 4.78 is 1.76. The molecule has 3 nitrogen and oxygen atoms in total. The number of nitrogens with zero attached hydrogens (tertiary/aromatic N) is 3. The van der Waals surface area contributed by atoms with E-state index in [9.17, 15) is 0 Å². The van der Waals surface area contributed by atoms with E-state index in [2.05, 4.69) is 44.9 Å². The van der Waals surface area contributed by atoms with Crippen molar-refractivity contribution < 1.29 is 0 Å². The average molecular weight is 195 g/mol. The van der Waals surface area contributed by atoms with Crippen molar-refractivity contribution in [1.29, 1.82) is 0 Å². The maximum Gasteiger partial charge on any atom is 0.0883 e. The van der Waals surface area contributed by atoms with Crippen molar-refractivity contribution in [1.82, 2.24) is 15.0 Å². The van der Waals surface area contributed by atoms with Crippen LogP contribution < -0.4 is 0 Å². The largest absolute Gasteiger partial charge is 0.255 e. The van der Waals surface area contributed by atoms with E-state index >= 15 is 0 Å². The molecule has 0 atom stereocenters. The molecule has 0 radical (unpaired) electrons. The van der Waals surface area contributed by atoms with E-state index in [4.69, 9.17) is 0 Å². The quantitative estimate of drug-likeness (QED) is 0.726. The Labute approximate surface area is 86.5 Å². The van der Waals surface area contributed by atoms with E-state index in [0.29, 0.717) is 5.41 Å². The van der Waals surface area contributed by atoms with E-state index in [0.717, 1.165) is 12.1 Å². The van der Waals surface area contributed by atoms with Gasteiger partial charge in [0.05, 0.1) is 5.69 Å². The molecule has 0 aliphatic rings. The number of hydrogen-bond acceptors (Lipinski definition) is 2. The van der Waals surface area contributed by atoms with Gasteiger partial charge in [-0.2, -0.15) is 0 Å². The summed E-state index contributed by atoms with van der Waals surface area (Å²) in [6, 6.07) is 0. The minimum atomic E-state index is 0.104. The van der Waals surface area contributed by atoms with Crippen LogP contribution in [0.3, 0.4) is 0 Å². The Bertz CT molecular complexity index is 305. The van der Waals surface area contributed by atoms with E-state index in [1.807, 2.05) is 13.2 Å². The average Bonchev–Trinajstić information content (AvgIpc) is 2.29. The van der Waals surface area contributed by atoms with Crippen LogP contribution in [0.4, 0.5) is 0 Å². The van der Waals surface area contributed by atoms with Crippen molar-refractivity contribution >= 4 is 0 Å². The summed E-state index contributed by atoms with van der Waals surface area (Å²) in [6.45, 7) is 11.2. The molecule has 3 heteroatoms. The van der Waals surface area contributed by atoms with E-state index < -0.39 is 0 Å². The molecule has 0 saturated heterocycles. The molecule has 14 heavy (non-hydrogen) atoms. The molecular weight excluding hydrogens is 174 g/mol. The van der Waals surface area contributed by atoms with Crippen LogP contribution in [0, 0.1) is 5.41 Å². The Morgan fingerprint density at radius 2 is 1.79 bits per heavy atom. The van der Waals surface area contributed by atoms with Crippen LogP contribution in [-0.2, 0) is 12.5 Å². The normalized spacial score (nSPS) is 13.3. The Hall–Kier alpha value is -0.860. The predicted octanol–water partition coefficient (Wildman–Crippen LogP) is 2.53. The zero-order valence-corrected chi connectivity index (χ0v) is 10.1. The van der Waals surface area contributed by atoms with Crippen LogP contribution in [0.5, 0.6) is 0 Å². The third-order valence-corrected chi connectivity index (χ3v) is 2.27. The van der Waals surface area contributed by atoms with Gasteiger partial charge in [-0.05, 0) is 11.8 Å². The first-order valence-corrected chi connectivity index (χ1v) is 5.07. The monoisotopic (exact) mass is 195 g/mol. The molecule has 0 spiro atoms. The predicted molar refractivity (Wildman–Crippen MR) is 58.1 cm³/mol.